The number of carbonyl (C=O) groups excluding carboxylic acids is 2. The Morgan fingerprint density at radius 3 is 2.39 bits per heavy atom. The predicted molar refractivity (Wildman–Crippen MR) is 86.4 cm³/mol. The Hall–Kier alpha value is -2.24. The van der Waals surface area contributed by atoms with Crippen LogP contribution in [0, 0.1) is 5.92 Å². The van der Waals surface area contributed by atoms with E-state index in [-0.39, 0.29) is 17.9 Å². The fourth-order valence-electron chi connectivity index (χ4n) is 2.72. The largest absolute Gasteiger partial charge is 0.497 e. The Morgan fingerprint density at radius 1 is 1.17 bits per heavy atom. The van der Waals surface area contributed by atoms with Crippen molar-refractivity contribution in [3.8, 4) is 5.75 Å². The summed E-state index contributed by atoms with van der Waals surface area (Å²) >= 11 is 0. The van der Waals surface area contributed by atoms with E-state index in [1.807, 2.05) is 24.3 Å². The molecule has 1 saturated heterocycles. The number of amides is 2. The average Bonchev–Trinajstić information content (AvgIpc) is 2.61. The number of benzene rings is 1. The van der Waals surface area contributed by atoms with E-state index in [1.165, 1.54) is 7.11 Å². The summed E-state index contributed by atoms with van der Waals surface area (Å²) in [5, 5.41) is 2.98. The molecule has 126 valence electrons. The van der Waals surface area contributed by atoms with Crippen molar-refractivity contribution in [2.24, 2.45) is 5.92 Å². The lowest BCUT2D eigenvalue weighted by Crippen LogP contribution is -2.43. The fraction of sp³-hybridized carbons (Fsp3) is 0.529. The topological polar surface area (TPSA) is 67.9 Å². The third kappa shape index (κ3) is 4.87. The number of nitrogens with one attached hydrogen (secondary N) is 1. The maximum absolute atomic E-state index is 12.2. The van der Waals surface area contributed by atoms with Crippen molar-refractivity contribution in [2.45, 2.75) is 19.3 Å². The van der Waals surface area contributed by atoms with Gasteiger partial charge in [-0.15, -0.1) is 0 Å². The highest BCUT2D eigenvalue weighted by Crippen LogP contribution is 2.18. The van der Waals surface area contributed by atoms with Crippen molar-refractivity contribution in [1.29, 1.82) is 0 Å². The summed E-state index contributed by atoms with van der Waals surface area (Å²) in [6, 6.07) is 7.83. The van der Waals surface area contributed by atoms with Gasteiger partial charge in [-0.3, -0.25) is 4.79 Å². The molecule has 2 rings (SSSR count). The van der Waals surface area contributed by atoms with Crippen molar-refractivity contribution >= 4 is 12.0 Å². The number of rotatable bonds is 5. The Balaban J connectivity index is 1.70. The first-order valence-corrected chi connectivity index (χ1v) is 7.87. The molecule has 1 aliphatic heterocycles. The average molecular weight is 320 g/mol. The molecular weight excluding hydrogens is 296 g/mol. The summed E-state index contributed by atoms with van der Waals surface area (Å²) in [6.45, 7) is 1.76. The number of carbonyl (C=O) groups is 2. The van der Waals surface area contributed by atoms with Crippen molar-refractivity contribution in [1.82, 2.24) is 10.2 Å². The summed E-state index contributed by atoms with van der Waals surface area (Å²) in [4.78, 5) is 25.2. The molecule has 23 heavy (non-hydrogen) atoms. The molecule has 1 fully saturated rings. The van der Waals surface area contributed by atoms with Crippen LogP contribution in [0.15, 0.2) is 24.3 Å². The molecule has 0 saturated carbocycles. The van der Waals surface area contributed by atoms with Gasteiger partial charge in [-0.1, -0.05) is 12.1 Å². The summed E-state index contributed by atoms with van der Waals surface area (Å²) in [6.07, 6.45) is 1.84. The minimum Gasteiger partial charge on any atom is -0.497 e. The minimum absolute atomic E-state index is 0.0215. The molecule has 1 aromatic rings. The monoisotopic (exact) mass is 320 g/mol. The first kappa shape index (κ1) is 17.1. The third-order valence-corrected chi connectivity index (χ3v) is 4.17. The van der Waals surface area contributed by atoms with Crippen LogP contribution in [-0.4, -0.2) is 50.8 Å². The summed E-state index contributed by atoms with van der Waals surface area (Å²) in [5.74, 6) is 0.880. The van der Waals surface area contributed by atoms with E-state index in [9.17, 15) is 9.59 Å². The second kappa shape index (κ2) is 8.41. The molecule has 0 atom stereocenters. The second-order valence-electron chi connectivity index (χ2n) is 5.62. The van der Waals surface area contributed by atoms with Gasteiger partial charge in [0.05, 0.1) is 14.2 Å². The Bertz CT molecular complexity index is 522. The molecular formula is C17H24N2O4. The number of ether oxygens (including phenoxy) is 2. The lowest BCUT2D eigenvalue weighted by atomic mass is 9.96. The zero-order valence-corrected chi connectivity index (χ0v) is 13.7. The fourth-order valence-corrected chi connectivity index (χ4v) is 2.72. The SMILES string of the molecule is COC(=O)N1CCC(C(=O)NCCc2ccc(OC)cc2)CC1. The van der Waals surface area contributed by atoms with Crippen LogP contribution in [0.1, 0.15) is 18.4 Å². The van der Waals surface area contributed by atoms with Gasteiger partial charge >= 0.3 is 6.09 Å². The number of methoxy groups -OCH3 is 2. The standard InChI is InChI=1S/C17H24N2O4/c1-22-15-5-3-13(4-6-15)7-10-18-16(20)14-8-11-19(12-9-14)17(21)23-2/h3-6,14H,7-12H2,1-2H3,(H,18,20). The van der Waals surface area contributed by atoms with Gasteiger partial charge in [0.2, 0.25) is 5.91 Å². The van der Waals surface area contributed by atoms with Crippen LogP contribution in [0.25, 0.3) is 0 Å². The van der Waals surface area contributed by atoms with Gasteiger partial charge in [0, 0.05) is 25.6 Å². The van der Waals surface area contributed by atoms with E-state index in [0.29, 0.717) is 32.5 Å². The number of hydrogen-bond donors (Lipinski definition) is 1. The molecule has 1 heterocycles. The third-order valence-electron chi connectivity index (χ3n) is 4.17. The zero-order valence-electron chi connectivity index (χ0n) is 13.7. The Kier molecular flexibility index (Phi) is 6.26. The van der Waals surface area contributed by atoms with E-state index < -0.39 is 0 Å². The molecule has 1 aromatic carbocycles. The van der Waals surface area contributed by atoms with Gasteiger partial charge < -0.3 is 19.7 Å². The van der Waals surface area contributed by atoms with Crippen LogP contribution in [-0.2, 0) is 16.0 Å². The Morgan fingerprint density at radius 2 is 1.83 bits per heavy atom. The summed E-state index contributed by atoms with van der Waals surface area (Å²) < 4.78 is 9.81. The summed E-state index contributed by atoms with van der Waals surface area (Å²) in [7, 11) is 3.01. The first-order valence-electron chi connectivity index (χ1n) is 7.87. The van der Waals surface area contributed by atoms with Crippen molar-refractivity contribution in [3.63, 3.8) is 0 Å². The zero-order chi connectivity index (χ0) is 16.7. The molecule has 0 radical (unpaired) electrons. The number of likely N-dealkylation sites (tertiary alicyclic amines) is 1. The molecule has 0 bridgehead atoms. The van der Waals surface area contributed by atoms with Gasteiger partial charge in [-0.2, -0.15) is 0 Å². The highest BCUT2D eigenvalue weighted by Gasteiger charge is 2.27. The van der Waals surface area contributed by atoms with Crippen LogP contribution in [0.5, 0.6) is 5.75 Å². The van der Waals surface area contributed by atoms with Gasteiger partial charge in [-0.25, -0.2) is 4.79 Å². The smallest absolute Gasteiger partial charge is 0.409 e. The van der Waals surface area contributed by atoms with E-state index in [2.05, 4.69) is 5.32 Å². The quantitative estimate of drug-likeness (QED) is 0.899. The predicted octanol–water partition coefficient (Wildman–Crippen LogP) is 1.83. The molecule has 0 aromatic heterocycles. The second-order valence-corrected chi connectivity index (χ2v) is 5.62. The van der Waals surface area contributed by atoms with Crippen LogP contribution in [0.4, 0.5) is 4.79 Å². The van der Waals surface area contributed by atoms with Crippen LogP contribution >= 0.6 is 0 Å². The highest BCUT2D eigenvalue weighted by atomic mass is 16.5. The lowest BCUT2D eigenvalue weighted by molar-refractivity contribution is -0.126. The molecule has 0 spiro atoms. The van der Waals surface area contributed by atoms with Crippen LogP contribution in [0.2, 0.25) is 0 Å². The number of hydrogen-bond acceptors (Lipinski definition) is 4. The van der Waals surface area contributed by atoms with Crippen LogP contribution in [0.3, 0.4) is 0 Å². The maximum Gasteiger partial charge on any atom is 0.409 e. The molecule has 1 aliphatic rings. The van der Waals surface area contributed by atoms with Gasteiger partial charge in [0.25, 0.3) is 0 Å². The first-order chi connectivity index (χ1) is 11.1. The van der Waals surface area contributed by atoms with Gasteiger partial charge in [0.15, 0.2) is 0 Å². The summed E-state index contributed by atoms with van der Waals surface area (Å²) in [5.41, 5.74) is 1.16. The lowest BCUT2D eigenvalue weighted by Gasteiger charge is -2.30. The van der Waals surface area contributed by atoms with Gasteiger partial charge in [0.1, 0.15) is 5.75 Å². The molecule has 1 N–H and O–H groups in total. The van der Waals surface area contributed by atoms with Gasteiger partial charge in [-0.05, 0) is 37.0 Å². The molecule has 2 amide bonds. The molecule has 0 unspecified atom stereocenters. The van der Waals surface area contributed by atoms with E-state index in [4.69, 9.17) is 9.47 Å². The normalized spacial score (nSPS) is 15.1. The molecule has 6 heteroatoms. The van der Waals surface area contributed by atoms with Crippen LogP contribution < -0.4 is 10.1 Å². The molecule has 6 nitrogen and oxygen atoms in total. The Labute approximate surface area is 136 Å². The number of nitrogens with zero attached hydrogens (tertiary/aromatic N) is 1. The molecule has 0 aliphatic carbocycles. The maximum atomic E-state index is 12.2. The van der Waals surface area contributed by atoms with Crippen molar-refractivity contribution in [2.75, 3.05) is 33.9 Å². The van der Waals surface area contributed by atoms with E-state index in [1.54, 1.807) is 12.0 Å². The minimum atomic E-state index is -0.316. The highest BCUT2D eigenvalue weighted by molar-refractivity contribution is 5.79. The van der Waals surface area contributed by atoms with E-state index >= 15 is 0 Å². The van der Waals surface area contributed by atoms with Crippen molar-refractivity contribution in [3.05, 3.63) is 29.8 Å². The van der Waals surface area contributed by atoms with E-state index in [0.717, 1.165) is 17.7 Å². The van der Waals surface area contributed by atoms with Crippen molar-refractivity contribution < 1.29 is 19.1 Å². The number of piperidine rings is 1.